The highest BCUT2D eigenvalue weighted by atomic mass is 32.2. The lowest BCUT2D eigenvalue weighted by molar-refractivity contribution is -0.121. The topological polar surface area (TPSA) is 63.7 Å². The lowest BCUT2D eigenvalue weighted by Crippen LogP contribution is -2.31. The average Bonchev–Trinajstić information content (AvgIpc) is 2.65. The fourth-order valence-electron chi connectivity index (χ4n) is 2.09. The zero-order chi connectivity index (χ0) is 17.5. The highest BCUT2D eigenvalue weighted by molar-refractivity contribution is 7.85. The second kappa shape index (κ2) is 8.40. The molecule has 2 aromatic carbocycles. The Hall–Kier alpha value is -2.47. The van der Waals surface area contributed by atoms with Gasteiger partial charge >= 0.3 is 5.97 Å². The quantitative estimate of drug-likeness (QED) is 0.755. The second-order valence-electron chi connectivity index (χ2n) is 4.99. The van der Waals surface area contributed by atoms with Gasteiger partial charge < -0.3 is 9.64 Å². The van der Waals surface area contributed by atoms with Crippen LogP contribution in [0.3, 0.4) is 0 Å². The molecule has 0 unspecified atom stereocenters. The van der Waals surface area contributed by atoms with Crippen molar-refractivity contribution in [2.45, 2.75) is 11.8 Å². The smallest absolute Gasteiger partial charge is 0.339 e. The van der Waals surface area contributed by atoms with Crippen LogP contribution in [0.5, 0.6) is 0 Å². The molecular weight excluding hydrogens is 326 g/mol. The van der Waals surface area contributed by atoms with E-state index in [4.69, 9.17) is 4.74 Å². The molecule has 1 amide bonds. The summed E-state index contributed by atoms with van der Waals surface area (Å²) in [5.74, 6) is -0.592. The molecule has 0 radical (unpaired) electrons. The summed E-state index contributed by atoms with van der Waals surface area (Å²) in [6.45, 7) is 1.40. The first-order chi connectivity index (χ1) is 11.5. The Morgan fingerprint density at radius 1 is 1.04 bits per heavy atom. The molecule has 0 aliphatic rings. The van der Waals surface area contributed by atoms with Crippen molar-refractivity contribution in [3.8, 4) is 0 Å². The van der Waals surface area contributed by atoms with Gasteiger partial charge in [-0.3, -0.25) is 9.00 Å². The number of carbonyl (C=O) groups is 2. The summed E-state index contributed by atoms with van der Waals surface area (Å²) in [6.07, 6.45) is 0. The van der Waals surface area contributed by atoms with Crippen LogP contribution in [0.2, 0.25) is 0 Å². The molecule has 2 aromatic rings. The standard InChI is InChI=1S/C18H19NO4S/c1-3-24(22)16-12-8-7-11-15(16)18(21)23-13-17(20)19(2)14-9-5-4-6-10-14/h4-12H,3,13H2,1-2H3/t24-/m0/s1. The SMILES string of the molecule is CC[S@](=O)c1ccccc1C(=O)OCC(=O)N(C)c1ccccc1. The summed E-state index contributed by atoms with van der Waals surface area (Å²) in [5.41, 5.74) is 0.943. The molecule has 1 atom stereocenters. The first kappa shape index (κ1) is 17.9. The number of anilines is 1. The molecule has 0 spiro atoms. The summed E-state index contributed by atoms with van der Waals surface area (Å²) in [7, 11) is 0.345. The number of carbonyl (C=O) groups excluding carboxylic acids is 2. The van der Waals surface area contributed by atoms with Gasteiger partial charge in [0.2, 0.25) is 0 Å². The van der Waals surface area contributed by atoms with E-state index < -0.39 is 16.8 Å². The largest absolute Gasteiger partial charge is 0.452 e. The van der Waals surface area contributed by atoms with Crippen LogP contribution in [0.1, 0.15) is 17.3 Å². The van der Waals surface area contributed by atoms with E-state index in [0.717, 1.165) is 0 Å². The van der Waals surface area contributed by atoms with Gasteiger partial charge in [-0.2, -0.15) is 0 Å². The highest BCUT2D eigenvalue weighted by Crippen LogP contribution is 2.16. The van der Waals surface area contributed by atoms with Crippen molar-refractivity contribution >= 4 is 28.4 Å². The normalized spacial score (nSPS) is 11.6. The number of para-hydroxylation sites is 1. The van der Waals surface area contributed by atoms with Crippen molar-refractivity contribution in [1.82, 2.24) is 0 Å². The zero-order valence-corrected chi connectivity index (χ0v) is 14.4. The summed E-state index contributed by atoms with van der Waals surface area (Å²) in [5, 5.41) is 0. The summed E-state index contributed by atoms with van der Waals surface area (Å²) in [6, 6.07) is 15.7. The number of benzene rings is 2. The van der Waals surface area contributed by atoms with E-state index in [1.54, 1.807) is 50.4 Å². The van der Waals surface area contributed by atoms with Crippen molar-refractivity contribution in [2.24, 2.45) is 0 Å². The predicted octanol–water partition coefficient (Wildman–Crippen LogP) is 2.63. The third kappa shape index (κ3) is 4.29. The Kier molecular flexibility index (Phi) is 6.26. The van der Waals surface area contributed by atoms with Crippen molar-refractivity contribution in [3.05, 3.63) is 60.2 Å². The van der Waals surface area contributed by atoms with E-state index in [1.165, 1.54) is 4.90 Å². The van der Waals surface area contributed by atoms with E-state index in [-0.39, 0.29) is 18.1 Å². The molecular formula is C18H19NO4S. The van der Waals surface area contributed by atoms with Crippen LogP contribution >= 0.6 is 0 Å². The average molecular weight is 345 g/mol. The van der Waals surface area contributed by atoms with Crippen LogP contribution in [-0.4, -0.2) is 35.5 Å². The molecule has 126 valence electrons. The van der Waals surface area contributed by atoms with Gasteiger partial charge in [-0.1, -0.05) is 37.3 Å². The number of hydrogen-bond acceptors (Lipinski definition) is 4. The maximum Gasteiger partial charge on any atom is 0.339 e. The first-order valence-electron chi connectivity index (χ1n) is 7.50. The lowest BCUT2D eigenvalue weighted by atomic mass is 10.2. The van der Waals surface area contributed by atoms with Gasteiger partial charge in [-0.15, -0.1) is 0 Å². The number of hydrogen-bond donors (Lipinski definition) is 0. The van der Waals surface area contributed by atoms with Crippen LogP contribution in [0.25, 0.3) is 0 Å². The molecule has 0 fully saturated rings. The maximum atomic E-state index is 12.2. The minimum atomic E-state index is -1.27. The number of nitrogens with zero attached hydrogens (tertiary/aromatic N) is 1. The summed E-state index contributed by atoms with van der Waals surface area (Å²) in [4.78, 5) is 26.2. The minimum Gasteiger partial charge on any atom is -0.452 e. The number of esters is 1. The monoisotopic (exact) mass is 345 g/mol. The van der Waals surface area contributed by atoms with E-state index in [0.29, 0.717) is 16.3 Å². The summed E-state index contributed by atoms with van der Waals surface area (Å²) < 4.78 is 17.1. The van der Waals surface area contributed by atoms with Gasteiger partial charge in [0.1, 0.15) is 0 Å². The molecule has 0 heterocycles. The molecule has 0 aliphatic heterocycles. The molecule has 0 aromatic heterocycles. The fraction of sp³-hybridized carbons (Fsp3) is 0.222. The maximum absolute atomic E-state index is 12.2. The van der Waals surface area contributed by atoms with Crippen molar-refractivity contribution in [3.63, 3.8) is 0 Å². The van der Waals surface area contributed by atoms with Gasteiger partial charge in [0.05, 0.1) is 21.3 Å². The molecule has 0 bridgehead atoms. The second-order valence-corrected chi connectivity index (χ2v) is 6.70. The third-order valence-electron chi connectivity index (χ3n) is 3.46. The van der Waals surface area contributed by atoms with Crippen molar-refractivity contribution in [2.75, 3.05) is 24.3 Å². The van der Waals surface area contributed by atoms with Gasteiger partial charge in [0, 0.05) is 18.5 Å². The fourth-order valence-corrected chi connectivity index (χ4v) is 3.02. The Morgan fingerprint density at radius 2 is 1.67 bits per heavy atom. The molecule has 24 heavy (non-hydrogen) atoms. The first-order valence-corrected chi connectivity index (χ1v) is 8.82. The van der Waals surface area contributed by atoms with Crippen molar-refractivity contribution < 1.29 is 18.5 Å². The molecule has 2 rings (SSSR count). The van der Waals surface area contributed by atoms with Gasteiger partial charge in [-0.05, 0) is 24.3 Å². The van der Waals surface area contributed by atoms with Crippen LogP contribution in [0.15, 0.2) is 59.5 Å². The molecule has 5 nitrogen and oxygen atoms in total. The van der Waals surface area contributed by atoms with Crippen LogP contribution < -0.4 is 4.90 Å². The molecule has 6 heteroatoms. The third-order valence-corrected chi connectivity index (χ3v) is 4.83. The van der Waals surface area contributed by atoms with Gasteiger partial charge in [0.25, 0.3) is 5.91 Å². The van der Waals surface area contributed by atoms with Crippen LogP contribution in [-0.2, 0) is 20.3 Å². The predicted molar refractivity (Wildman–Crippen MR) is 93.5 cm³/mol. The Bertz CT molecular complexity index is 746. The van der Waals surface area contributed by atoms with E-state index >= 15 is 0 Å². The Balaban J connectivity index is 2.03. The highest BCUT2D eigenvalue weighted by Gasteiger charge is 2.18. The van der Waals surface area contributed by atoms with Crippen LogP contribution in [0.4, 0.5) is 5.69 Å². The summed E-state index contributed by atoms with van der Waals surface area (Å²) >= 11 is 0. The molecule has 0 aliphatic carbocycles. The molecule has 0 saturated heterocycles. The minimum absolute atomic E-state index is 0.229. The Morgan fingerprint density at radius 3 is 2.33 bits per heavy atom. The van der Waals surface area contributed by atoms with Crippen LogP contribution in [0, 0.1) is 0 Å². The lowest BCUT2D eigenvalue weighted by Gasteiger charge is -2.17. The number of rotatable bonds is 6. The number of likely N-dealkylation sites (N-methyl/N-ethyl adjacent to an activating group) is 1. The Labute approximate surface area is 143 Å². The van der Waals surface area contributed by atoms with E-state index in [2.05, 4.69) is 0 Å². The van der Waals surface area contributed by atoms with E-state index in [9.17, 15) is 13.8 Å². The number of amides is 1. The molecule has 0 saturated carbocycles. The molecule has 0 N–H and O–H groups in total. The van der Waals surface area contributed by atoms with Gasteiger partial charge in [0.15, 0.2) is 6.61 Å². The van der Waals surface area contributed by atoms with E-state index in [1.807, 2.05) is 18.2 Å². The zero-order valence-electron chi connectivity index (χ0n) is 13.6. The van der Waals surface area contributed by atoms with Gasteiger partial charge in [-0.25, -0.2) is 4.79 Å². The van der Waals surface area contributed by atoms with Crippen molar-refractivity contribution in [1.29, 1.82) is 0 Å². The number of ether oxygens (including phenoxy) is 1.